The van der Waals surface area contributed by atoms with Gasteiger partial charge in [0.1, 0.15) is 4.21 Å². The monoisotopic (exact) mass is 335 g/mol. The van der Waals surface area contributed by atoms with Gasteiger partial charge in [0.05, 0.1) is 15.7 Å². The van der Waals surface area contributed by atoms with Crippen LogP contribution in [0.4, 0.5) is 5.69 Å². The van der Waals surface area contributed by atoms with Crippen molar-refractivity contribution in [1.29, 1.82) is 0 Å². The van der Waals surface area contributed by atoms with Crippen molar-refractivity contribution in [3.8, 4) is 0 Å². The van der Waals surface area contributed by atoms with Gasteiger partial charge in [0.2, 0.25) is 0 Å². The standard InChI is InChI=1S/C9H10BrN3O2S2/c1-2-13-6-7(5-11-13)12-17(14,15)9-4-3-8(10)16-9/h3-6,12H,2H2,1H3. The summed E-state index contributed by atoms with van der Waals surface area (Å²) in [4.78, 5) is 0. The number of nitrogens with one attached hydrogen (secondary N) is 1. The number of anilines is 1. The van der Waals surface area contributed by atoms with Gasteiger partial charge in [-0.2, -0.15) is 5.10 Å². The first-order chi connectivity index (χ1) is 8.01. The number of nitrogens with zero attached hydrogens (tertiary/aromatic N) is 2. The fourth-order valence-electron chi connectivity index (χ4n) is 1.24. The van der Waals surface area contributed by atoms with Crippen molar-refractivity contribution in [2.45, 2.75) is 17.7 Å². The average Bonchev–Trinajstić information content (AvgIpc) is 2.86. The molecule has 0 aliphatic carbocycles. The van der Waals surface area contributed by atoms with E-state index in [2.05, 4.69) is 25.8 Å². The van der Waals surface area contributed by atoms with Crippen LogP contribution in [-0.4, -0.2) is 18.2 Å². The molecule has 0 saturated carbocycles. The summed E-state index contributed by atoms with van der Waals surface area (Å²) in [5.74, 6) is 0. The van der Waals surface area contributed by atoms with E-state index in [1.807, 2.05) is 6.92 Å². The number of aromatic nitrogens is 2. The number of aryl methyl sites for hydroxylation is 1. The highest BCUT2D eigenvalue weighted by atomic mass is 79.9. The lowest BCUT2D eigenvalue weighted by Crippen LogP contribution is -2.10. The third kappa shape index (κ3) is 2.88. The molecule has 5 nitrogen and oxygen atoms in total. The summed E-state index contributed by atoms with van der Waals surface area (Å²) in [7, 11) is -3.50. The van der Waals surface area contributed by atoms with E-state index in [9.17, 15) is 8.42 Å². The van der Waals surface area contributed by atoms with Crippen LogP contribution in [0.1, 0.15) is 6.92 Å². The molecule has 8 heteroatoms. The number of rotatable bonds is 4. The van der Waals surface area contributed by atoms with Crippen molar-refractivity contribution in [3.05, 3.63) is 28.3 Å². The number of hydrogen-bond donors (Lipinski definition) is 1. The lowest BCUT2D eigenvalue weighted by molar-refractivity contribution is 0.603. The molecule has 0 radical (unpaired) electrons. The molecular weight excluding hydrogens is 326 g/mol. The van der Waals surface area contributed by atoms with E-state index in [1.54, 1.807) is 23.0 Å². The van der Waals surface area contributed by atoms with Gasteiger partial charge in [-0.05, 0) is 35.0 Å². The summed E-state index contributed by atoms with van der Waals surface area (Å²) < 4.78 is 29.1. The van der Waals surface area contributed by atoms with Crippen LogP contribution in [0.5, 0.6) is 0 Å². The normalized spacial score (nSPS) is 11.6. The quantitative estimate of drug-likeness (QED) is 0.933. The predicted molar refractivity (Wildman–Crippen MR) is 70.7 cm³/mol. The molecule has 0 aliphatic rings. The molecule has 17 heavy (non-hydrogen) atoms. The van der Waals surface area contributed by atoms with E-state index in [1.165, 1.54) is 17.5 Å². The molecule has 0 saturated heterocycles. The van der Waals surface area contributed by atoms with E-state index in [-0.39, 0.29) is 4.21 Å². The molecule has 0 unspecified atom stereocenters. The SMILES string of the molecule is CCn1cc(NS(=O)(=O)c2ccc(Br)s2)cn1. The zero-order chi connectivity index (χ0) is 12.5. The highest BCUT2D eigenvalue weighted by Gasteiger charge is 2.17. The molecule has 0 amide bonds. The minimum atomic E-state index is -3.50. The molecule has 0 fully saturated rings. The van der Waals surface area contributed by atoms with Crippen LogP contribution in [0.2, 0.25) is 0 Å². The molecule has 1 N–H and O–H groups in total. The van der Waals surface area contributed by atoms with Crippen molar-refractivity contribution < 1.29 is 8.42 Å². The Balaban J connectivity index is 2.23. The van der Waals surface area contributed by atoms with Gasteiger partial charge in [0.25, 0.3) is 10.0 Å². The van der Waals surface area contributed by atoms with E-state index in [4.69, 9.17) is 0 Å². The molecule has 0 atom stereocenters. The summed E-state index contributed by atoms with van der Waals surface area (Å²) in [6.07, 6.45) is 3.14. The van der Waals surface area contributed by atoms with Crippen LogP contribution in [-0.2, 0) is 16.6 Å². The van der Waals surface area contributed by atoms with Crippen molar-refractivity contribution in [3.63, 3.8) is 0 Å². The third-order valence-corrected chi connectivity index (χ3v) is 5.52. The Morgan fingerprint density at radius 3 is 2.82 bits per heavy atom. The first-order valence-electron chi connectivity index (χ1n) is 4.82. The Bertz CT molecular complexity index is 618. The first-order valence-corrected chi connectivity index (χ1v) is 7.91. The predicted octanol–water partition coefficient (Wildman–Crippen LogP) is 2.53. The fraction of sp³-hybridized carbons (Fsp3) is 0.222. The molecule has 92 valence electrons. The Morgan fingerprint density at radius 2 is 2.29 bits per heavy atom. The maximum absolute atomic E-state index is 12.0. The molecule has 2 aromatic heterocycles. The van der Waals surface area contributed by atoms with Gasteiger partial charge < -0.3 is 0 Å². The smallest absolute Gasteiger partial charge is 0.271 e. The Morgan fingerprint density at radius 1 is 1.53 bits per heavy atom. The van der Waals surface area contributed by atoms with Crippen LogP contribution in [0, 0.1) is 0 Å². The van der Waals surface area contributed by atoms with Gasteiger partial charge in [0.15, 0.2) is 0 Å². The number of sulfonamides is 1. The summed E-state index contributed by atoms with van der Waals surface area (Å²) in [5, 5.41) is 4.00. The van der Waals surface area contributed by atoms with Crippen molar-refractivity contribution in [1.82, 2.24) is 9.78 Å². The molecule has 0 aromatic carbocycles. The summed E-state index contributed by atoms with van der Waals surface area (Å²) in [6.45, 7) is 2.63. The van der Waals surface area contributed by atoms with Gasteiger partial charge in [-0.15, -0.1) is 11.3 Å². The van der Waals surface area contributed by atoms with E-state index in [0.717, 1.165) is 3.79 Å². The Kier molecular flexibility index (Phi) is 3.55. The summed E-state index contributed by atoms with van der Waals surface area (Å²) in [5.41, 5.74) is 0.469. The maximum Gasteiger partial charge on any atom is 0.271 e. The second-order valence-corrected chi connectivity index (χ2v) is 7.62. The van der Waals surface area contributed by atoms with Gasteiger partial charge in [-0.1, -0.05) is 0 Å². The molecule has 0 spiro atoms. The number of hydrogen-bond acceptors (Lipinski definition) is 4. The molecule has 2 heterocycles. The van der Waals surface area contributed by atoms with E-state index < -0.39 is 10.0 Å². The molecule has 2 aromatic rings. The van der Waals surface area contributed by atoms with Crippen LogP contribution in [0.15, 0.2) is 32.5 Å². The Hall–Kier alpha value is -0.860. The number of halogens is 1. The van der Waals surface area contributed by atoms with Crippen LogP contribution >= 0.6 is 27.3 Å². The fourth-order valence-corrected chi connectivity index (χ4v) is 4.27. The topological polar surface area (TPSA) is 64.0 Å². The van der Waals surface area contributed by atoms with Gasteiger partial charge in [-0.25, -0.2) is 8.42 Å². The minimum absolute atomic E-state index is 0.272. The second kappa shape index (κ2) is 4.79. The van der Waals surface area contributed by atoms with Gasteiger partial charge in [-0.3, -0.25) is 9.40 Å². The highest BCUT2D eigenvalue weighted by Crippen LogP contribution is 2.27. The molecular formula is C9H10BrN3O2S2. The zero-order valence-corrected chi connectivity index (χ0v) is 12.1. The van der Waals surface area contributed by atoms with Crippen LogP contribution < -0.4 is 4.72 Å². The maximum atomic E-state index is 12.0. The first kappa shape index (κ1) is 12.6. The third-order valence-electron chi connectivity index (χ3n) is 2.02. The average molecular weight is 336 g/mol. The highest BCUT2D eigenvalue weighted by molar-refractivity contribution is 9.11. The number of thiophene rings is 1. The van der Waals surface area contributed by atoms with Crippen LogP contribution in [0.25, 0.3) is 0 Å². The summed E-state index contributed by atoms with van der Waals surface area (Å²) >= 11 is 4.40. The largest absolute Gasteiger partial charge is 0.276 e. The van der Waals surface area contributed by atoms with Gasteiger partial charge in [0, 0.05) is 12.7 Å². The molecule has 0 aliphatic heterocycles. The lowest BCUT2D eigenvalue weighted by Gasteiger charge is -2.02. The second-order valence-electron chi connectivity index (χ2n) is 3.25. The minimum Gasteiger partial charge on any atom is -0.276 e. The van der Waals surface area contributed by atoms with E-state index >= 15 is 0 Å². The van der Waals surface area contributed by atoms with E-state index in [0.29, 0.717) is 12.2 Å². The van der Waals surface area contributed by atoms with Gasteiger partial charge >= 0.3 is 0 Å². The molecule has 2 rings (SSSR count). The summed E-state index contributed by atoms with van der Waals surface area (Å²) in [6, 6.07) is 3.26. The van der Waals surface area contributed by atoms with Crippen molar-refractivity contribution in [2.75, 3.05) is 4.72 Å². The van der Waals surface area contributed by atoms with Crippen molar-refractivity contribution in [2.24, 2.45) is 0 Å². The van der Waals surface area contributed by atoms with Crippen molar-refractivity contribution >= 4 is 43.0 Å². The van der Waals surface area contributed by atoms with Crippen LogP contribution in [0.3, 0.4) is 0 Å². The Labute approximate surface area is 112 Å². The zero-order valence-electron chi connectivity index (χ0n) is 8.92. The lowest BCUT2D eigenvalue weighted by atomic mass is 10.6. The molecule has 0 bridgehead atoms.